The van der Waals surface area contributed by atoms with E-state index in [4.69, 9.17) is 36.5 Å². The van der Waals surface area contributed by atoms with Crippen LogP contribution in [-0.4, -0.2) is 102 Å². The number of aliphatic hydroxyl groups is 1. The van der Waals surface area contributed by atoms with Gasteiger partial charge in [-0.25, -0.2) is 24.4 Å². The number of nitrogens with two attached hydrogens (primary N) is 1. The van der Waals surface area contributed by atoms with Crippen molar-refractivity contribution in [2.45, 2.75) is 78.7 Å². The molecule has 1 atom stereocenters. The molecule has 5 aromatic heterocycles. The number of nitrogens with zero attached hydrogens (tertiary/aromatic N) is 8. The highest BCUT2D eigenvalue weighted by atomic mass is 35.5. The molecule has 19 heteroatoms. The fourth-order valence-corrected chi connectivity index (χ4v) is 9.10. The van der Waals surface area contributed by atoms with E-state index in [1.807, 2.05) is 31.5 Å². The maximum absolute atomic E-state index is 14.1. The van der Waals surface area contributed by atoms with E-state index in [9.17, 15) is 29.4 Å². The van der Waals surface area contributed by atoms with Crippen LogP contribution in [0.3, 0.4) is 0 Å². The molecule has 0 aliphatic carbocycles. The van der Waals surface area contributed by atoms with Crippen LogP contribution in [0.4, 0.5) is 15.5 Å². The third-order valence-electron chi connectivity index (χ3n) is 12.5. The van der Waals surface area contributed by atoms with Gasteiger partial charge < -0.3 is 49.1 Å². The van der Waals surface area contributed by atoms with Crippen LogP contribution in [0.15, 0.2) is 35.4 Å². The number of halogens is 1. The van der Waals surface area contributed by atoms with Crippen molar-refractivity contribution in [3.8, 4) is 34.7 Å². The van der Waals surface area contributed by atoms with Gasteiger partial charge in [0.2, 0.25) is 5.95 Å². The molecule has 4 N–H and O–H groups in total. The van der Waals surface area contributed by atoms with Gasteiger partial charge in [-0.15, -0.1) is 0 Å². The van der Waals surface area contributed by atoms with Crippen molar-refractivity contribution in [3.63, 3.8) is 0 Å². The van der Waals surface area contributed by atoms with Gasteiger partial charge in [-0.05, 0) is 56.9 Å². The number of methoxy groups -OCH3 is 1. The number of cyclic esters (lactones) is 1. The molecule has 0 radical (unpaired) electrons. The number of hydrogen-bond acceptors (Lipinski definition) is 13. The van der Waals surface area contributed by atoms with E-state index in [0.717, 1.165) is 44.0 Å². The number of fused-ring (bicyclic) bond motifs is 6. The predicted octanol–water partition coefficient (Wildman–Crippen LogP) is 5.72. The maximum atomic E-state index is 14.1. The number of ether oxygens (including phenoxy) is 3. The largest absolute Gasteiger partial charge is 0.496 e. The summed E-state index contributed by atoms with van der Waals surface area (Å²) in [6.07, 6.45) is 2.83. The van der Waals surface area contributed by atoms with E-state index in [1.54, 1.807) is 43.0 Å². The van der Waals surface area contributed by atoms with Crippen LogP contribution in [0.1, 0.15) is 76.9 Å². The zero-order valence-corrected chi connectivity index (χ0v) is 38.3. The number of anilines is 1. The number of rotatable bonds is 11. The first-order valence-corrected chi connectivity index (χ1v) is 21.7. The lowest BCUT2D eigenvalue weighted by atomic mass is 9.86. The lowest BCUT2D eigenvalue weighted by molar-refractivity contribution is -0.172. The van der Waals surface area contributed by atoms with Gasteiger partial charge in [0.25, 0.3) is 5.56 Å². The molecule has 6 aromatic rings. The molecular formula is C47H48ClN9O9. The Morgan fingerprint density at radius 3 is 2.53 bits per heavy atom. The lowest BCUT2D eigenvalue weighted by Crippen LogP contribution is -2.44. The Bertz CT molecular complexity index is 3150. The second-order valence-corrected chi connectivity index (χ2v) is 16.8. The summed E-state index contributed by atoms with van der Waals surface area (Å²) >= 11 is 6.70. The Morgan fingerprint density at radius 1 is 1.06 bits per heavy atom. The summed E-state index contributed by atoms with van der Waals surface area (Å²) in [6, 6.07) is 5.07. The van der Waals surface area contributed by atoms with Crippen molar-refractivity contribution in [2.24, 2.45) is 0 Å². The lowest BCUT2D eigenvalue weighted by Gasteiger charge is -2.31. The van der Waals surface area contributed by atoms with E-state index in [0.29, 0.717) is 52.0 Å². The molecule has 2 aliphatic rings. The van der Waals surface area contributed by atoms with Crippen molar-refractivity contribution in [3.05, 3.63) is 96.3 Å². The van der Waals surface area contributed by atoms with Crippen LogP contribution >= 0.6 is 11.6 Å². The number of carboxylic acid groups (broad SMARTS) is 1. The summed E-state index contributed by atoms with van der Waals surface area (Å²) in [5.41, 5.74) is 11.6. The number of likely N-dealkylation sites (N-methyl/N-ethyl adjacent to an activating group) is 2. The smallest absolute Gasteiger partial charge is 0.415 e. The van der Waals surface area contributed by atoms with Crippen LogP contribution in [0, 0.1) is 25.7 Å². The molecule has 0 spiro atoms. The summed E-state index contributed by atoms with van der Waals surface area (Å²) in [7, 11) is 4.55. The monoisotopic (exact) mass is 917 g/mol. The minimum absolute atomic E-state index is 0.00101. The Kier molecular flexibility index (Phi) is 12.1. The molecule has 0 saturated heterocycles. The maximum Gasteiger partial charge on any atom is 0.415 e. The molecule has 0 fully saturated rings. The first-order valence-electron chi connectivity index (χ1n) is 21.3. The molecule has 2 amide bonds. The first kappa shape index (κ1) is 45.3. The molecule has 0 bridgehead atoms. The van der Waals surface area contributed by atoms with E-state index in [2.05, 4.69) is 26.8 Å². The van der Waals surface area contributed by atoms with Crippen molar-refractivity contribution < 1.29 is 38.8 Å². The first-order chi connectivity index (χ1) is 31.5. The number of carbonyl (C=O) groups excluding carboxylic acids is 2. The summed E-state index contributed by atoms with van der Waals surface area (Å²) in [5, 5.41) is 22.2. The molecule has 342 valence electrons. The van der Waals surface area contributed by atoms with Crippen LogP contribution in [0.25, 0.3) is 33.3 Å². The minimum atomic E-state index is -1.98. The average Bonchev–Trinajstić information content (AvgIpc) is 3.83. The molecule has 18 nitrogen and oxygen atoms in total. The minimum Gasteiger partial charge on any atom is -0.496 e. The van der Waals surface area contributed by atoms with Crippen LogP contribution < -0.4 is 20.8 Å². The van der Waals surface area contributed by atoms with Gasteiger partial charge in [0.15, 0.2) is 5.60 Å². The molecule has 1 aromatic carbocycles. The second kappa shape index (κ2) is 17.6. The van der Waals surface area contributed by atoms with Crippen molar-refractivity contribution in [1.29, 1.82) is 0 Å². The van der Waals surface area contributed by atoms with E-state index < -0.39 is 23.8 Å². The number of carbonyl (C=O) groups is 3. The fraction of sp³-hybridized carbons (Fsp3) is 0.362. The number of pyridine rings is 3. The van der Waals surface area contributed by atoms with Gasteiger partial charge >= 0.3 is 18.2 Å². The predicted molar refractivity (Wildman–Crippen MR) is 245 cm³/mol. The third-order valence-corrected chi connectivity index (χ3v) is 12.7. The molecule has 1 unspecified atom stereocenters. The number of esters is 1. The molecule has 0 saturated carbocycles. The zero-order valence-electron chi connectivity index (χ0n) is 37.5. The van der Waals surface area contributed by atoms with Crippen LogP contribution in [-0.2, 0) is 47.7 Å². The van der Waals surface area contributed by atoms with Gasteiger partial charge in [-0.1, -0.05) is 37.3 Å². The van der Waals surface area contributed by atoms with E-state index in [-0.39, 0.29) is 79.0 Å². The van der Waals surface area contributed by atoms with Crippen molar-refractivity contribution in [2.75, 3.05) is 40.0 Å². The third kappa shape index (κ3) is 7.77. The molecule has 8 rings (SSSR count). The number of nitrogen functional groups attached to an aromatic ring is 1. The number of amides is 2. The number of aryl methyl sites for hydroxylation is 3. The Hall–Kier alpha value is -7.23. The van der Waals surface area contributed by atoms with Gasteiger partial charge in [0.1, 0.15) is 28.9 Å². The highest BCUT2D eigenvalue weighted by molar-refractivity contribution is 6.34. The highest BCUT2D eigenvalue weighted by Crippen LogP contribution is 2.42. The summed E-state index contributed by atoms with van der Waals surface area (Å²) in [4.78, 5) is 72.7. The Labute approximate surface area is 383 Å². The molecular weight excluding hydrogens is 870 g/mol. The topological polar surface area (TPSA) is 230 Å². The summed E-state index contributed by atoms with van der Waals surface area (Å²) < 4.78 is 20.4. The normalized spacial score (nSPS) is 14.8. The van der Waals surface area contributed by atoms with Gasteiger partial charge in [-0.3, -0.25) is 9.78 Å². The molecule has 66 heavy (non-hydrogen) atoms. The Balaban J connectivity index is 1.20. The van der Waals surface area contributed by atoms with E-state index in [1.165, 1.54) is 19.0 Å². The molecule has 2 aliphatic heterocycles. The van der Waals surface area contributed by atoms with Crippen LogP contribution in [0.2, 0.25) is 5.15 Å². The highest BCUT2D eigenvalue weighted by Gasteiger charge is 2.45. The average molecular weight is 918 g/mol. The van der Waals surface area contributed by atoms with Crippen LogP contribution in [0.5, 0.6) is 11.5 Å². The van der Waals surface area contributed by atoms with E-state index >= 15 is 0 Å². The van der Waals surface area contributed by atoms with Gasteiger partial charge in [0, 0.05) is 79.2 Å². The van der Waals surface area contributed by atoms with Crippen molar-refractivity contribution in [1.82, 2.24) is 38.9 Å². The fourth-order valence-electron chi connectivity index (χ4n) is 8.83. The SMILES string of the molecule is CCc1c2c(nc3ccc(OC(=O)N(C)CCN(C)C(=O)O)c(CCC#Cc4cn(Cc5ncc(C)c(OC)c5C)c5nc(N)nc(Cl)c45)c13)-c1cc3c(c(=O)n1C2)COC(=O)C3(O)CC. The second-order valence-electron chi connectivity index (χ2n) is 16.4. The summed E-state index contributed by atoms with van der Waals surface area (Å²) in [6.45, 7) is 7.88. The van der Waals surface area contributed by atoms with Gasteiger partial charge in [-0.2, -0.15) is 4.98 Å². The quantitative estimate of drug-likeness (QED) is 0.0802. The zero-order chi connectivity index (χ0) is 47.4. The number of benzene rings is 1. The standard InChI is InChI=1S/C47H48ClN9O9/c1-8-27-29-21-57-34(18-31-30(42(57)58)23-65-43(59)47(31,63)9-2)38(29)51-32-14-15-35(66-46(62)55(6)17-16-54(5)45(60)61)28(37(27)32)13-11-10-12-26-20-56(41-36(26)40(48)52-44(49)53-41)22-33-25(4)39(64-7)24(3)19-50-33/h14-15,18-20,63H,8-9,11,13,16-17,21-23H2,1-7H3,(H,60,61)(H2,49,52,53). The molecule has 7 heterocycles. The number of aromatic nitrogens is 6. The number of hydrogen-bond donors (Lipinski definition) is 3. The van der Waals surface area contributed by atoms with Gasteiger partial charge in [0.05, 0.1) is 59.3 Å². The summed E-state index contributed by atoms with van der Waals surface area (Å²) in [5.74, 6) is 6.74. The van der Waals surface area contributed by atoms with Crippen molar-refractivity contribution >= 4 is 57.6 Å². The Morgan fingerprint density at radius 2 is 1.82 bits per heavy atom.